The van der Waals surface area contributed by atoms with Gasteiger partial charge in [-0.05, 0) is 40.9 Å². The lowest BCUT2D eigenvalue weighted by Crippen LogP contribution is -2.21. The summed E-state index contributed by atoms with van der Waals surface area (Å²) >= 11 is 1.58. The van der Waals surface area contributed by atoms with Crippen LogP contribution in [-0.2, 0) is 13.6 Å². The molecule has 0 radical (unpaired) electrons. The van der Waals surface area contributed by atoms with Gasteiger partial charge in [-0.15, -0.1) is 0 Å². The lowest BCUT2D eigenvalue weighted by molar-refractivity contribution is 0.175. The number of aliphatic hydroxyl groups is 1. The Morgan fingerprint density at radius 2 is 2.37 bits per heavy atom. The van der Waals surface area contributed by atoms with Gasteiger partial charge in [0.1, 0.15) is 11.8 Å². The first-order valence-electron chi connectivity index (χ1n) is 6.09. The van der Waals surface area contributed by atoms with E-state index in [4.69, 9.17) is 5.26 Å². The van der Waals surface area contributed by atoms with Crippen molar-refractivity contribution in [2.45, 2.75) is 19.6 Å². The third-order valence-electron chi connectivity index (χ3n) is 3.34. The van der Waals surface area contributed by atoms with E-state index in [0.717, 1.165) is 16.8 Å². The van der Waals surface area contributed by atoms with Crippen LogP contribution in [0.2, 0.25) is 0 Å². The van der Waals surface area contributed by atoms with Crippen molar-refractivity contribution >= 4 is 11.3 Å². The molecule has 1 unspecified atom stereocenters. The van der Waals surface area contributed by atoms with Crippen molar-refractivity contribution in [2.75, 3.05) is 6.54 Å². The maximum atomic E-state index is 9.95. The number of rotatable bonds is 5. The molecule has 0 spiro atoms. The first-order chi connectivity index (χ1) is 9.13. The first-order valence-corrected chi connectivity index (χ1v) is 7.04. The highest BCUT2D eigenvalue weighted by Crippen LogP contribution is 2.16. The number of thiophene rings is 1. The third kappa shape index (κ3) is 3.04. The van der Waals surface area contributed by atoms with Gasteiger partial charge in [0.15, 0.2) is 0 Å². The summed E-state index contributed by atoms with van der Waals surface area (Å²) in [4.78, 5) is 0. The van der Waals surface area contributed by atoms with Gasteiger partial charge in [-0.2, -0.15) is 16.6 Å². The molecule has 19 heavy (non-hydrogen) atoms. The molecule has 100 valence electrons. The van der Waals surface area contributed by atoms with Crippen LogP contribution in [-0.4, -0.2) is 16.2 Å². The number of aliphatic hydroxyl groups excluding tert-OH is 1. The van der Waals surface area contributed by atoms with E-state index in [0.29, 0.717) is 18.8 Å². The van der Waals surface area contributed by atoms with Crippen LogP contribution in [0.15, 0.2) is 22.9 Å². The van der Waals surface area contributed by atoms with E-state index in [-0.39, 0.29) is 0 Å². The van der Waals surface area contributed by atoms with Gasteiger partial charge < -0.3 is 15.0 Å². The van der Waals surface area contributed by atoms with Gasteiger partial charge in [0.2, 0.25) is 0 Å². The Hall–Kier alpha value is -1.61. The van der Waals surface area contributed by atoms with E-state index in [1.54, 1.807) is 11.3 Å². The number of hydrogen-bond donors (Lipinski definition) is 2. The van der Waals surface area contributed by atoms with Crippen LogP contribution in [0.4, 0.5) is 0 Å². The lowest BCUT2D eigenvalue weighted by atomic mass is 10.2. The zero-order chi connectivity index (χ0) is 13.8. The molecular formula is C14H17N3OS. The van der Waals surface area contributed by atoms with Gasteiger partial charge in [-0.1, -0.05) is 0 Å². The molecule has 0 aromatic carbocycles. The predicted octanol–water partition coefficient (Wildman–Crippen LogP) is 2.09. The maximum Gasteiger partial charge on any atom is 0.120 e. The first kappa shape index (κ1) is 13.8. The van der Waals surface area contributed by atoms with Crippen molar-refractivity contribution in [1.29, 1.82) is 5.26 Å². The van der Waals surface area contributed by atoms with Crippen molar-refractivity contribution in [3.8, 4) is 6.07 Å². The minimum Gasteiger partial charge on any atom is -0.387 e. The fourth-order valence-corrected chi connectivity index (χ4v) is 2.68. The fraction of sp³-hybridized carbons (Fsp3) is 0.357. The van der Waals surface area contributed by atoms with Gasteiger partial charge >= 0.3 is 0 Å². The normalized spacial score (nSPS) is 12.3. The molecule has 1 atom stereocenters. The monoisotopic (exact) mass is 275 g/mol. The van der Waals surface area contributed by atoms with Crippen LogP contribution >= 0.6 is 11.3 Å². The number of nitrogens with zero attached hydrogens (tertiary/aromatic N) is 2. The van der Waals surface area contributed by atoms with Crippen LogP contribution in [0.25, 0.3) is 0 Å². The van der Waals surface area contributed by atoms with Crippen molar-refractivity contribution < 1.29 is 5.11 Å². The van der Waals surface area contributed by atoms with Gasteiger partial charge in [0.25, 0.3) is 0 Å². The molecule has 0 aliphatic heterocycles. The third-order valence-corrected chi connectivity index (χ3v) is 4.04. The van der Waals surface area contributed by atoms with E-state index < -0.39 is 6.10 Å². The molecule has 2 rings (SSSR count). The number of nitrogens with one attached hydrogen (secondary N) is 1. The van der Waals surface area contributed by atoms with Crippen LogP contribution in [0.1, 0.15) is 28.6 Å². The van der Waals surface area contributed by atoms with E-state index in [2.05, 4.69) is 11.4 Å². The summed E-state index contributed by atoms with van der Waals surface area (Å²) in [5, 5.41) is 26.1. The minimum absolute atomic E-state index is 0.481. The average Bonchev–Trinajstić information content (AvgIpc) is 3.02. The van der Waals surface area contributed by atoms with Crippen molar-refractivity contribution in [3.05, 3.63) is 45.4 Å². The zero-order valence-corrected chi connectivity index (χ0v) is 11.9. The second-order valence-electron chi connectivity index (χ2n) is 4.51. The van der Waals surface area contributed by atoms with Crippen molar-refractivity contribution in [3.63, 3.8) is 0 Å². The molecule has 0 fully saturated rings. The topological polar surface area (TPSA) is 61.0 Å². The average molecular weight is 275 g/mol. The Bertz CT molecular complexity index is 581. The fourth-order valence-electron chi connectivity index (χ4n) is 1.97. The van der Waals surface area contributed by atoms with Gasteiger partial charge in [0, 0.05) is 25.8 Å². The molecule has 2 aromatic rings. The summed E-state index contributed by atoms with van der Waals surface area (Å²) in [6.45, 7) is 3.16. The summed E-state index contributed by atoms with van der Waals surface area (Å²) in [5.41, 5.74) is 3.78. The molecule has 2 aromatic heterocycles. The van der Waals surface area contributed by atoms with Crippen molar-refractivity contribution in [1.82, 2.24) is 9.88 Å². The highest BCUT2D eigenvalue weighted by atomic mass is 32.1. The summed E-state index contributed by atoms with van der Waals surface area (Å²) in [7, 11) is 1.89. The zero-order valence-electron chi connectivity index (χ0n) is 11.1. The Kier molecular flexibility index (Phi) is 4.38. The van der Waals surface area contributed by atoms with Gasteiger partial charge in [0.05, 0.1) is 6.10 Å². The molecule has 4 nitrogen and oxygen atoms in total. The smallest absolute Gasteiger partial charge is 0.120 e. The highest BCUT2D eigenvalue weighted by molar-refractivity contribution is 7.07. The molecule has 0 saturated carbocycles. The van der Waals surface area contributed by atoms with Crippen LogP contribution in [0, 0.1) is 18.3 Å². The summed E-state index contributed by atoms with van der Waals surface area (Å²) < 4.78 is 1.88. The minimum atomic E-state index is -0.481. The SMILES string of the molecule is Cc1c(CNCC(O)c2ccsc2)cc(C#N)n1C. The summed E-state index contributed by atoms with van der Waals surface area (Å²) in [6, 6.07) is 5.98. The molecule has 5 heteroatoms. The van der Waals surface area contributed by atoms with Crippen LogP contribution in [0.3, 0.4) is 0 Å². The Labute approximate surface area is 116 Å². The van der Waals surface area contributed by atoms with Gasteiger partial charge in [-0.3, -0.25) is 0 Å². The van der Waals surface area contributed by atoms with Crippen LogP contribution < -0.4 is 5.32 Å². The van der Waals surface area contributed by atoms with E-state index in [1.807, 2.05) is 41.4 Å². The second kappa shape index (κ2) is 6.02. The Balaban J connectivity index is 1.91. The Morgan fingerprint density at radius 3 is 2.95 bits per heavy atom. The summed E-state index contributed by atoms with van der Waals surface area (Å²) in [5.74, 6) is 0. The molecule has 2 N–H and O–H groups in total. The molecule has 0 aliphatic carbocycles. The maximum absolute atomic E-state index is 9.95. The largest absolute Gasteiger partial charge is 0.387 e. The predicted molar refractivity (Wildman–Crippen MR) is 75.9 cm³/mol. The summed E-state index contributed by atoms with van der Waals surface area (Å²) in [6.07, 6.45) is -0.481. The lowest BCUT2D eigenvalue weighted by Gasteiger charge is -2.10. The molecule has 0 saturated heterocycles. The number of nitriles is 1. The number of aromatic nitrogens is 1. The standard InChI is InChI=1S/C14H17N3OS/c1-10-12(5-13(6-15)17(10)2)7-16-8-14(18)11-3-4-19-9-11/h3-5,9,14,16,18H,7-8H2,1-2H3. The molecule has 0 amide bonds. The molecular weight excluding hydrogens is 258 g/mol. The van der Waals surface area contributed by atoms with Crippen molar-refractivity contribution in [2.24, 2.45) is 7.05 Å². The van der Waals surface area contributed by atoms with Crippen LogP contribution in [0.5, 0.6) is 0 Å². The molecule has 0 aliphatic rings. The van der Waals surface area contributed by atoms with E-state index in [9.17, 15) is 5.11 Å². The van der Waals surface area contributed by atoms with E-state index in [1.165, 1.54) is 0 Å². The van der Waals surface area contributed by atoms with E-state index >= 15 is 0 Å². The highest BCUT2D eigenvalue weighted by Gasteiger charge is 2.10. The second-order valence-corrected chi connectivity index (χ2v) is 5.29. The quantitative estimate of drug-likeness (QED) is 0.878. The Morgan fingerprint density at radius 1 is 1.58 bits per heavy atom. The van der Waals surface area contributed by atoms with Gasteiger partial charge in [-0.25, -0.2) is 0 Å². The molecule has 2 heterocycles. The number of hydrogen-bond acceptors (Lipinski definition) is 4. The molecule has 0 bridgehead atoms.